The van der Waals surface area contributed by atoms with E-state index in [-0.39, 0.29) is 0 Å². The van der Waals surface area contributed by atoms with Gasteiger partial charge >= 0.3 is 0 Å². The van der Waals surface area contributed by atoms with Gasteiger partial charge in [0.25, 0.3) is 0 Å². The maximum atomic E-state index is 5.53. The predicted octanol–water partition coefficient (Wildman–Crippen LogP) is 0.741. The SMILES string of the molecule is CNCc1ccc(OCCN(C)C)cn1. The van der Waals surface area contributed by atoms with Crippen molar-refractivity contribution in [3.8, 4) is 5.75 Å². The van der Waals surface area contributed by atoms with Crippen LogP contribution in [-0.2, 0) is 6.54 Å². The molecule has 84 valence electrons. The molecule has 1 rings (SSSR count). The van der Waals surface area contributed by atoms with Crippen LogP contribution in [-0.4, -0.2) is 44.2 Å². The molecule has 0 saturated heterocycles. The quantitative estimate of drug-likeness (QED) is 0.750. The standard InChI is InChI=1S/C11H19N3O/c1-12-8-10-4-5-11(9-13-10)15-7-6-14(2)3/h4-5,9,12H,6-8H2,1-3H3. The van der Waals surface area contributed by atoms with Crippen LogP contribution in [0.3, 0.4) is 0 Å². The van der Waals surface area contributed by atoms with Gasteiger partial charge in [-0.2, -0.15) is 0 Å². The largest absolute Gasteiger partial charge is 0.491 e. The minimum absolute atomic E-state index is 0.694. The van der Waals surface area contributed by atoms with Crippen LogP contribution in [0.25, 0.3) is 0 Å². The molecule has 0 amide bonds. The molecule has 0 atom stereocenters. The van der Waals surface area contributed by atoms with E-state index in [1.807, 2.05) is 33.3 Å². The van der Waals surface area contributed by atoms with Crippen molar-refractivity contribution in [1.29, 1.82) is 0 Å². The Bertz CT molecular complexity index is 272. The first-order valence-corrected chi connectivity index (χ1v) is 5.09. The normalized spacial score (nSPS) is 10.7. The number of hydrogen-bond acceptors (Lipinski definition) is 4. The predicted molar refractivity (Wildman–Crippen MR) is 61.0 cm³/mol. The maximum Gasteiger partial charge on any atom is 0.137 e. The first-order valence-electron chi connectivity index (χ1n) is 5.09. The first kappa shape index (κ1) is 11.9. The topological polar surface area (TPSA) is 37.4 Å². The van der Waals surface area contributed by atoms with Gasteiger partial charge in [-0.3, -0.25) is 4.98 Å². The van der Waals surface area contributed by atoms with E-state index >= 15 is 0 Å². The number of aromatic nitrogens is 1. The van der Waals surface area contributed by atoms with E-state index in [4.69, 9.17) is 4.74 Å². The third-order valence-electron chi connectivity index (χ3n) is 1.96. The molecule has 0 aromatic carbocycles. The minimum atomic E-state index is 0.694. The molecule has 0 aliphatic carbocycles. The Morgan fingerprint density at radius 1 is 1.40 bits per heavy atom. The zero-order chi connectivity index (χ0) is 11.1. The van der Waals surface area contributed by atoms with Crippen LogP contribution >= 0.6 is 0 Å². The zero-order valence-corrected chi connectivity index (χ0v) is 9.66. The van der Waals surface area contributed by atoms with Crippen molar-refractivity contribution in [3.05, 3.63) is 24.0 Å². The lowest BCUT2D eigenvalue weighted by atomic mass is 10.3. The van der Waals surface area contributed by atoms with Gasteiger partial charge in [0.2, 0.25) is 0 Å². The molecular formula is C11H19N3O. The minimum Gasteiger partial charge on any atom is -0.491 e. The monoisotopic (exact) mass is 209 g/mol. The van der Waals surface area contributed by atoms with Crippen molar-refractivity contribution in [2.75, 3.05) is 34.3 Å². The van der Waals surface area contributed by atoms with E-state index in [0.29, 0.717) is 6.61 Å². The fourth-order valence-electron chi connectivity index (χ4n) is 1.13. The Hall–Kier alpha value is -1.13. The third-order valence-corrected chi connectivity index (χ3v) is 1.96. The van der Waals surface area contributed by atoms with Gasteiger partial charge in [0.1, 0.15) is 12.4 Å². The smallest absolute Gasteiger partial charge is 0.137 e. The summed E-state index contributed by atoms with van der Waals surface area (Å²) in [6.45, 7) is 2.40. The van der Waals surface area contributed by atoms with Crippen molar-refractivity contribution in [1.82, 2.24) is 15.2 Å². The van der Waals surface area contributed by atoms with Crippen LogP contribution in [0.2, 0.25) is 0 Å². The average molecular weight is 209 g/mol. The van der Waals surface area contributed by atoms with E-state index in [0.717, 1.165) is 24.5 Å². The number of ether oxygens (including phenoxy) is 1. The van der Waals surface area contributed by atoms with E-state index in [1.54, 1.807) is 6.20 Å². The molecule has 0 unspecified atom stereocenters. The van der Waals surface area contributed by atoms with Gasteiger partial charge in [0, 0.05) is 13.1 Å². The second-order valence-corrected chi connectivity index (χ2v) is 3.67. The molecule has 0 spiro atoms. The highest BCUT2D eigenvalue weighted by atomic mass is 16.5. The molecule has 15 heavy (non-hydrogen) atoms. The van der Waals surface area contributed by atoms with Crippen LogP contribution in [0.5, 0.6) is 5.75 Å². The molecule has 0 aliphatic rings. The number of pyridine rings is 1. The van der Waals surface area contributed by atoms with Crippen LogP contribution in [0.4, 0.5) is 0 Å². The van der Waals surface area contributed by atoms with E-state index in [2.05, 4.69) is 15.2 Å². The van der Waals surface area contributed by atoms with Crippen molar-refractivity contribution in [2.24, 2.45) is 0 Å². The number of nitrogens with one attached hydrogen (secondary N) is 1. The van der Waals surface area contributed by atoms with Gasteiger partial charge < -0.3 is 15.0 Å². The summed E-state index contributed by atoms with van der Waals surface area (Å²) in [6.07, 6.45) is 1.77. The molecule has 0 aliphatic heterocycles. The summed E-state index contributed by atoms with van der Waals surface area (Å²) in [5.74, 6) is 0.830. The second kappa shape index (κ2) is 6.37. The molecule has 1 heterocycles. The van der Waals surface area contributed by atoms with E-state index in [9.17, 15) is 0 Å². The Balaban J connectivity index is 2.36. The summed E-state index contributed by atoms with van der Waals surface area (Å²) >= 11 is 0. The van der Waals surface area contributed by atoms with Crippen LogP contribution in [0.15, 0.2) is 18.3 Å². The highest BCUT2D eigenvalue weighted by Gasteiger charge is 1.96. The zero-order valence-electron chi connectivity index (χ0n) is 9.66. The molecule has 4 nitrogen and oxygen atoms in total. The van der Waals surface area contributed by atoms with Gasteiger partial charge in [-0.15, -0.1) is 0 Å². The van der Waals surface area contributed by atoms with Crippen LogP contribution < -0.4 is 10.1 Å². The number of hydrogen-bond donors (Lipinski definition) is 1. The van der Waals surface area contributed by atoms with Crippen LogP contribution in [0.1, 0.15) is 5.69 Å². The van der Waals surface area contributed by atoms with E-state index in [1.165, 1.54) is 0 Å². The molecular weight excluding hydrogens is 190 g/mol. The lowest BCUT2D eigenvalue weighted by Gasteiger charge is -2.10. The molecule has 4 heteroatoms. The Labute approximate surface area is 91.3 Å². The number of likely N-dealkylation sites (N-methyl/N-ethyl adjacent to an activating group) is 1. The van der Waals surface area contributed by atoms with Gasteiger partial charge in [-0.1, -0.05) is 0 Å². The molecule has 0 fully saturated rings. The summed E-state index contributed by atoms with van der Waals surface area (Å²) in [5, 5.41) is 3.05. The average Bonchev–Trinajstić information content (AvgIpc) is 2.20. The summed E-state index contributed by atoms with van der Waals surface area (Å²) in [4.78, 5) is 6.35. The van der Waals surface area contributed by atoms with Crippen molar-refractivity contribution in [3.63, 3.8) is 0 Å². The van der Waals surface area contributed by atoms with Gasteiger partial charge in [0.15, 0.2) is 0 Å². The van der Waals surface area contributed by atoms with Crippen molar-refractivity contribution >= 4 is 0 Å². The Kier molecular flexibility index (Phi) is 5.07. The van der Waals surface area contributed by atoms with Gasteiger partial charge in [0.05, 0.1) is 11.9 Å². The molecule has 1 aromatic rings. The Morgan fingerprint density at radius 2 is 2.20 bits per heavy atom. The Morgan fingerprint density at radius 3 is 2.73 bits per heavy atom. The highest BCUT2D eigenvalue weighted by molar-refractivity contribution is 5.19. The van der Waals surface area contributed by atoms with Crippen molar-refractivity contribution < 1.29 is 4.74 Å². The summed E-state index contributed by atoms with van der Waals surface area (Å²) in [5.41, 5.74) is 1.03. The maximum absolute atomic E-state index is 5.53. The lowest BCUT2D eigenvalue weighted by molar-refractivity contribution is 0.260. The lowest BCUT2D eigenvalue weighted by Crippen LogP contribution is -2.19. The first-order chi connectivity index (χ1) is 7.22. The van der Waals surface area contributed by atoms with Gasteiger partial charge in [-0.25, -0.2) is 0 Å². The molecule has 1 N–H and O–H groups in total. The fraction of sp³-hybridized carbons (Fsp3) is 0.545. The number of rotatable bonds is 6. The second-order valence-electron chi connectivity index (χ2n) is 3.67. The summed E-state index contributed by atoms with van der Waals surface area (Å²) in [7, 11) is 5.96. The van der Waals surface area contributed by atoms with E-state index < -0.39 is 0 Å². The number of nitrogens with zero attached hydrogens (tertiary/aromatic N) is 2. The molecule has 1 aromatic heterocycles. The molecule has 0 radical (unpaired) electrons. The fourth-order valence-corrected chi connectivity index (χ4v) is 1.13. The van der Waals surface area contributed by atoms with Gasteiger partial charge in [-0.05, 0) is 33.3 Å². The summed E-state index contributed by atoms with van der Waals surface area (Å²) < 4.78 is 5.53. The third kappa shape index (κ3) is 4.76. The molecule has 0 saturated carbocycles. The van der Waals surface area contributed by atoms with Crippen molar-refractivity contribution in [2.45, 2.75) is 6.54 Å². The van der Waals surface area contributed by atoms with Crippen LogP contribution in [0, 0.1) is 0 Å². The highest BCUT2D eigenvalue weighted by Crippen LogP contribution is 2.08. The molecule has 0 bridgehead atoms. The summed E-state index contributed by atoms with van der Waals surface area (Å²) in [6, 6.07) is 3.93.